The number of carbonyl (C=O) groups excluding carboxylic acids is 1. The SMILES string of the molecule is C=C(F)F.C=CC(=O)NCC(C)CS(=O)(=O)O.CCC(CO)(CO)CO. The van der Waals surface area contributed by atoms with E-state index in [0.717, 1.165) is 6.08 Å². The van der Waals surface area contributed by atoms with Crippen LogP contribution in [0.4, 0.5) is 8.78 Å². The topological polar surface area (TPSA) is 144 Å². The molecule has 0 aromatic rings. The van der Waals surface area contributed by atoms with Crippen molar-refractivity contribution in [2.75, 3.05) is 32.1 Å². The highest BCUT2D eigenvalue weighted by molar-refractivity contribution is 7.85. The number of nitrogens with one attached hydrogen (secondary N) is 1. The minimum Gasteiger partial charge on any atom is -0.396 e. The second-order valence-electron chi connectivity index (χ2n) is 5.47. The van der Waals surface area contributed by atoms with E-state index < -0.39 is 21.6 Å². The van der Waals surface area contributed by atoms with Crippen LogP contribution in [0.3, 0.4) is 0 Å². The van der Waals surface area contributed by atoms with Gasteiger partial charge >= 0.3 is 0 Å². The van der Waals surface area contributed by atoms with E-state index in [1.165, 1.54) is 0 Å². The first-order valence-electron chi connectivity index (χ1n) is 7.50. The molecule has 26 heavy (non-hydrogen) atoms. The molecule has 0 aliphatic carbocycles. The van der Waals surface area contributed by atoms with Gasteiger partial charge in [0.2, 0.25) is 5.91 Å². The van der Waals surface area contributed by atoms with Crippen LogP contribution in [0.15, 0.2) is 25.3 Å². The maximum Gasteiger partial charge on any atom is 0.265 e. The number of carbonyl (C=O) groups is 1. The van der Waals surface area contributed by atoms with E-state index >= 15 is 0 Å². The summed E-state index contributed by atoms with van der Waals surface area (Å²) < 4.78 is 49.5. The van der Waals surface area contributed by atoms with Gasteiger partial charge in [-0.1, -0.05) is 20.4 Å². The zero-order valence-corrected chi connectivity index (χ0v) is 15.8. The van der Waals surface area contributed by atoms with Crippen molar-refractivity contribution in [3.05, 3.63) is 25.3 Å². The molecule has 11 heteroatoms. The molecule has 1 amide bonds. The largest absolute Gasteiger partial charge is 0.396 e. The van der Waals surface area contributed by atoms with E-state index in [1.54, 1.807) is 6.92 Å². The Balaban J connectivity index is -0.000000352. The minimum atomic E-state index is -3.96. The first kappa shape index (κ1) is 29.4. The van der Waals surface area contributed by atoms with Crippen molar-refractivity contribution in [3.63, 3.8) is 0 Å². The van der Waals surface area contributed by atoms with Crippen LogP contribution in [0.1, 0.15) is 20.3 Å². The molecule has 8 nitrogen and oxygen atoms in total. The van der Waals surface area contributed by atoms with Gasteiger partial charge in [0.15, 0.2) is 0 Å². The van der Waals surface area contributed by atoms with Crippen LogP contribution in [0.5, 0.6) is 0 Å². The van der Waals surface area contributed by atoms with Gasteiger partial charge in [-0.05, 0) is 25.0 Å². The summed E-state index contributed by atoms with van der Waals surface area (Å²) in [4.78, 5) is 10.6. The van der Waals surface area contributed by atoms with E-state index in [9.17, 15) is 22.0 Å². The molecular formula is C15H29F2NO7S. The highest BCUT2D eigenvalue weighted by Crippen LogP contribution is 2.18. The summed E-state index contributed by atoms with van der Waals surface area (Å²) in [5.41, 5.74) is -0.667. The fraction of sp³-hybridized carbons (Fsp3) is 0.667. The highest BCUT2D eigenvalue weighted by Gasteiger charge is 2.24. The molecule has 156 valence electrons. The van der Waals surface area contributed by atoms with E-state index in [-0.39, 0.29) is 43.9 Å². The van der Waals surface area contributed by atoms with Crippen LogP contribution < -0.4 is 5.32 Å². The van der Waals surface area contributed by atoms with Crippen LogP contribution in [0, 0.1) is 11.3 Å². The predicted molar refractivity (Wildman–Crippen MR) is 94.1 cm³/mol. The molecule has 0 rings (SSSR count). The Kier molecular flexibility index (Phi) is 17.9. The Morgan fingerprint density at radius 3 is 1.81 bits per heavy atom. The molecular weight excluding hydrogens is 376 g/mol. The van der Waals surface area contributed by atoms with E-state index in [1.807, 2.05) is 6.92 Å². The Morgan fingerprint density at radius 2 is 1.62 bits per heavy atom. The molecule has 0 radical (unpaired) electrons. The average molecular weight is 405 g/mol. The molecule has 0 aliphatic rings. The molecule has 1 atom stereocenters. The number of amides is 1. The van der Waals surface area contributed by atoms with Gasteiger partial charge in [0.1, 0.15) is 0 Å². The molecule has 0 aromatic carbocycles. The first-order valence-corrected chi connectivity index (χ1v) is 9.11. The van der Waals surface area contributed by atoms with Crippen molar-refractivity contribution in [2.45, 2.75) is 20.3 Å². The van der Waals surface area contributed by atoms with Gasteiger partial charge in [0.25, 0.3) is 16.2 Å². The van der Waals surface area contributed by atoms with E-state index in [2.05, 4.69) is 18.5 Å². The standard InChI is InChI=1S/C7H13NO4S.C6H14O3.C2H2F2/c1-3-7(9)8-4-6(2)5-13(10,11)12;1-2-6(3-7,4-8)5-9;1-2(3)4/h3,6H,1,4-5H2,2H3,(H,8,9)(H,10,11,12);7-9H,2-5H2,1H3;1H2. The van der Waals surface area contributed by atoms with Gasteiger partial charge in [-0.25, -0.2) is 0 Å². The smallest absolute Gasteiger partial charge is 0.265 e. The van der Waals surface area contributed by atoms with Gasteiger partial charge in [-0.15, -0.1) is 0 Å². The summed E-state index contributed by atoms with van der Waals surface area (Å²) in [6.45, 7) is 8.62. The number of hydrogen-bond donors (Lipinski definition) is 5. The summed E-state index contributed by atoms with van der Waals surface area (Å²) in [7, 11) is -3.96. The van der Waals surface area contributed by atoms with Gasteiger partial charge in [-0.3, -0.25) is 9.35 Å². The molecule has 0 spiro atoms. The van der Waals surface area contributed by atoms with Gasteiger partial charge in [-0.2, -0.15) is 17.2 Å². The van der Waals surface area contributed by atoms with Crippen LogP contribution >= 0.6 is 0 Å². The third kappa shape index (κ3) is 20.6. The summed E-state index contributed by atoms with van der Waals surface area (Å²) in [5.74, 6) is -1.04. The number of hydrogen-bond acceptors (Lipinski definition) is 6. The average Bonchev–Trinajstić information content (AvgIpc) is 2.54. The van der Waals surface area contributed by atoms with Crippen LogP contribution in [-0.2, 0) is 14.9 Å². The van der Waals surface area contributed by atoms with Crippen molar-refractivity contribution < 1.29 is 41.9 Å². The lowest BCUT2D eigenvalue weighted by molar-refractivity contribution is -0.116. The lowest BCUT2D eigenvalue weighted by Gasteiger charge is -2.24. The molecule has 0 saturated carbocycles. The fourth-order valence-corrected chi connectivity index (χ4v) is 2.09. The lowest BCUT2D eigenvalue weighted by Crippen LogP contribution is -2.32. The molecule has 1 unspecified atom stereocenters. The van der Waals surface area contributed by atoms with Crippen molar-refractivity contribution in [2.24, 2.45) is 11.3 Å². The van der Waals surface area contributed by atoms with Crippen LogP contribution in [0.2, 0.25) is 0 Å². The molecule has 5 N–H and O–H groups in total. The van der Waals surface area contributed by atoms with Gasteiger partial charge in [0, 0.05) is 12.0 Å². The Bertz CT molecular complexity index is 487. The fourth-order valence-electron chi connectivity index (χ4n) is 1.25. The van der Waals surface area contributed by atoms with Crippen molar-refractivity contribution in [1.29, 1.82) is 0 Å². The normalized spacial score (nSPS) is 11.8. The second-order valence-corrected chi connectivity index (χ2v) is 6.97. The highest BCUT2D eigenvalue weighted by atomic mass is 32.2. The number of rotatable bonds is 9. The second kappa shape index (κ2) is 15.8. The quantitative estimate of drug-likeness (QED) is 0.279. The molecule has 0 heterocycles. The monoisotopic (exact) mass is 405 g/mol. The third-order valence-electron chi connectivity index (χ3n) is 3.06. The lowest BCUT2D eigenvalue weighted by atomic mass is 9.88. The number of aliphatic hydroxyl groups excluding tert-OH is 3. The summed E-state index contributed by atoms with van der Waals surface area (Å²) in [6, 6.07) is 0. The molecule has 0 bridgehead atoms. The zero-order valence-electron chi connectivity index (χ0n) is 15.0. The number of aliphatic hydroxyl groups is 3. The van der Waals surface area contributed by atoms with Gasteiger partial charge < -0.3 is 20.6 Å². The van der Waals surface area contributed by atoms with E-state index in [4.69, 9.17) is 19.9 Å². The first-order chi connectivity index (χ1) is 11.8. The molecule has 0 fully saturated rings. The molecule has 0 saturated heterocycles. The summed E-state index contributed by atoms with van der Waals surface area (Å²) >= 11 is 0. The van der Waals surface area contributed by atoms with E-state index in [0.29, 0.717) is 6.42 Å². The maximum absolute atomic E-state index is 10.6. The zero-order chi connectivity index (χ0) is 21.4. The summed E-state index contributed by atoms with van der Waals surface area (Å²) in [5, 5.41) is 28.4. The Hall–Kier alpha value is -1.40. The predicted octanol–water partition coefficient (Wildman–Crippen LogP) is 0.569. The van der Waals surface area contributed by atoms with Crippen molar-refractivity contribution >= 4 is 16.0 Å². The summed E-state index contributed by atoms with van der Waals surface area (Å²) in [6.07, 6.45) is -0.142. The van der Waals surface area contributed by atoms with Crippen molar-refractivity contribution in [3.8, 4) is 0 Å². The maximum atomic E-state index is 10.6. The molecule has 0 aromatic heterocycles. The van der Waals surface area contributed by atoms with Crippen molar-refractivity contribution in [1.82, 2.24) is 5.32 Å². The Morgan fingerprint density at radius 1 is 1.23 bits per heavy atom. The third-order valence-corrected chi connectivity index (χ3v) is 4.05. The van der Waals surface area contributed by atoms with Crippen LogP contribution in [-0.4, -0.2) is 66.3 Å². The minimum absolute atomic E-state index is 0.156. The van der Waals surface area contributed by atoms with Gasteiger partial charge in [0.05, 0.1) is 25.6 Å². The Labute approximate surface area is 153 Å². The van der Waals surface area contributed by atoms with Crippen LogP contribution in [0.25, 0.3) is 0 Å². The number of halogens is 2. The molecule has 0 aliphatic heterocycles.